The minimum absolute atomic E-state index is 0.0278. The molecule has 1 aliphatic heterocycles. The molecule has 1 aliphatic rings. The molecule has 3 nitrogen and oxygen atoms in total. The Morgan fingerprint density at radius 3 is 2.87 bits per heavy atom. The second-order valence-corrected chi connectivity index (χ2v) is 4.52. The van der Waals surface area contributed by atoms with Crippen LogP contribution in [0.5, 0.6) is 0 Å². The predicted molar refractivity (Wildman–Crippen MR) is 63.6 cm³/mol. The van der Waals surface area contributed by atoms with Crippen molar-refractivity contribution in [3.05, 3.63) is 23.2 Å². The molecule has 1 saturated heterocycles. The van der Waals surface area contributed by atoms with Crippen LogP contribution in [0.2, 0.25) is 5.02 Å². The van der Waals surface area contributed by atoms with E-state index in [2.05, 4.69) is 12.6 Å². The monoisotopic (exact) mass is 242 g/mol. The lowest BCUT2D eigenvalue weighted by Gasteiger charge is -2.18. The number of amides is 1. The fourth-order valence-corrected chi connectivity index (χ4v) is 2.11. The van der Waals surface area contributed by atoms with Crippen LogP contribution in [-0.2, 0) is 4.79 Å². The van der Waals surface area contributed by atoms with Gasteiger partial charge >= 0.3 is 0 Å². The molecular weight excluding hydrogens is 232 g/mol. The quantitative estimate of drug-likeness (QED) is 0.737. The van der Waals surface area contributed by atoms with E-state index < -0.39 is 0 Å². The standard InChI is InChI=1S/C10H11ClN2OS/c11-6-1-2-9(15)8(3-6)13-5-7(12)4-10(13)14/h1-3,7,15H,4-5,12H2. The zero-order valence-electron chi connectivity index (χ0n) is 7.98. The highest BCUT2D eigenvalue weighted by Gasteiger charge is 2.29. The molecule has 1 amide bonds. The minimum Gasteiger partial charge on any atom is -0.326 e. The SMILES string of the molecule is NC1CC(=O)N(c2cc(Cl)ccc2S)C1. The summed E-state index contributed by atoms with van der Waals surface area (Å²) in [5, 5.41) is 0.594. The van der Waals surface area contributed by atoms with Crippen molar-refractivity contribution in [3.63, 3.8) is 0 Å². The van der Waals surface area contributed by atoms with Crippen LogP contribution >= 0.6 is 24.2 Å². The molecule has 2 rings (SSSR count). The topological polar surface area (TPSA) is 46.3 Å². The van der Waals surface area contributed by atoms with E-state index in [0.717, 1.165) is 10.6 Å². The molecule has 5 heteroatoms. The molecule has 15 heavy (non-hydrogen) atoms. The van der Waals surface area contributed by atoms with E-state index in [1.807, 2.05) is 0 Å². The first-order chi connectivity index (χ1) is 7.08. The van der Waals surface area contributed by atoms with Crippen molar-refractivity contribution < 1.29 is 4.79 Å². The maximum Gasteiger partial charge on any atom is 0.228 e. The van der Waals surface area contributed by atoms with Gasteiger partial charge in [-0.15, -0.1) is 12.6 Å². The number of hydrogen-bond donors (Lipinski definition) is 2. The molecular formula is C10H11ClN2OS. The molecule has 1 aromatic carbocycles. The van der Waals surface area contributed by atoms with Crippen molar-refractivity contribution in [2.24, 2.45) is 5.73 Å². The van der Waals surface area contributed by atoms with Crippen LogP contribution in [0, 0.1) is 0 Å². The fraction of sp³-hybridized carbons (Fsp3) is 0.300. The minimum atomic E-state index is -0.0933. The molecule has 1 aromatic rings. The van der Waals surface area contributed by atoms with Crippen molar-refractivity contribution in [3.8, 4) is 0 Å². The summed E-state index contributed by atoms with van der Waals surface area (Å²) in [4.78, 5) is 14.0. The van der Waals surface area contributed by atoms with Crippen LogP contribution in [0.25, 0.3) is 0 Å². The van der Waals surface area contributed by atoms with Gasteiger partial charge in [0.15, 0.2) is 0 Å². The van der Waals surface area contributed by atoms with Crippen molar-refractivity contribution >= 4 is 35.8 Å². The molecule has 0 bridgehead atoms. The highest BCUT2D eigenvalue weighted by Crippen LogP contribution is 2.30. The van der Waals surface area contributed by atoms with Crippen molar-refractivity contribution in [1.82, 2.24) is 0 Å². The first-order valence-corrected chi connectivity index (χ1v) is 5.45. The number of nitrogens with two attached hydrogens (primary N) is 1. The lowest BCUT2D eigenvalue weighted by molar-refractivity contribution is -0.117. The molecule has 0 spiro atoms. The summed E-state index contributed by atoms with van der Waals surface area (Å²) in [6, 6.07) is 5.16. The van der Waals surface area contributed by atoms with E-state index in [-0.39, 0.29) is 11.9 Å². The normalized spacial score (nSPS) is 21.1. The van der Waals surface area contributed by atoms with Gasteiger partial charge in [0, 0.05) is 28.9 Å². The summed E-state index contributed by atoms with van der Waals surface area (Å²) in [5.41, 5.74) is 6.46. The second-order valence-electron chi connectivity index (χ2n) is 3.60. The van der Waals surface area contributed by atoms with E-state index in [1.54, 1.807) is 23.1 Å². The maximum atomic E-state index is 11.6. The number of hydrogen-bond acceptors (Lipinski definition) is 3. The van der Waals surface area contributed by atoms with E-state index in [4.69, 9.17) is 17.3 Å². The first kappa shape index (κ1) is 10.8. The van der Waals surface area contributed by atoms with Crippen LogP contribution in [0.15, 0.2) is 23.1 Å². The van der Waals surface area contributed by atoms with Crippen LogP contribution in [0.3, 0.4) is 0 Å². The lowest BCUT2D eigenvalue weighted by atomic mass is 10.3. The average Bonchev–Trinajstić information content (AvgIpc) is 2.50. The Labute approximate surface area is 98.6 Å². The molecule has 0 aromatic heterocycles. The molecule has 80 valence electrons. The van der Waals surface area contributed by atoms with Crippen LogP contribution in [-0.4, -0.2) is 18.5 Å². The number of carbonyl (C=O) groups excluding carboxylic acids is 1. The summed E-state index contributed by atoms with van der Waals surface area (Å²) in [6.07, 6.45) is 0.389. The number of thiol groups is 1. The second kappa shape index (κ2) is 4.04. The zero-order chi connectivity index (χ0) is 11.0. The lowest BCUT2D eigenvalue weighted by Crippen LogP contribution is -2.28. The van der Waals surface area contributed by atoms with E-state index in [0.29, 0.717) is 18.0 Å². The van der Waals surface area contributed by atoms with Crippen LogP contribution in [0.4, 0.5) is 5.69 Å². The third kappa shape index (κ3) is 2.12. The summed E-state index contributed by atoms with van der Waals surface area (Å²) in [7, 11) is 0. The molecule has 2 N–H and O–H groups in total. The van der Waals surface area contributed by atoms with Gasteiger partial charge < -0.3 is 10.6 Å². The van der Waals surface area contributed by atoms with Gasteiger partial charge in [0.25, 0.3) is 0 Å². The Hall–Kier alpha value is -0.710. The number of anilines is 1. The molecule has 1 atom stereocenters. The Morgan fingerprint density at radius 2 is 2.27 bits per heavy atom. The van der Waals surface area contributed by atoms with Gasteiger partial charge in [0.2, 0.25) is 5.91 Å². The molecule has 0 aliphatic carbocycles. The fourth-order valence-electron chi connectivity index (χ4n) is 1.68. The molecule has 1 unspecified atom stereocenters. The average molecular weight is 243 g/mol. The number of carbonyl (C=O) groups is 1. The van der Waals surface area contributed by atoms with Gasteiger partial charge in [-0.1, -0.05) is 11.6 Å². The van der Waals surface area contributed by atoms with Gasteiger partial charge in [-0.2, -0.15) is 0 Å². The molecule has 1 fully saturated rings. The highest BCUT2D eigenvalue weighted by molar-refractivity contribution is 7.80. The first-order valence-electron chi connectivity index (χ1n) is 4.62. The Morgan fingerprint density at radius 1 is 1.53 bits per heavy atom. The zero-order valence-corrected chi connectivity index (χ0v) is 9.63. The summed E-state index contributed by atoms with van der Waals surface area (Å²) < 4.78 is 0. The van der Waals surface area contributed by atoms with Gasteiger partial charge in [-0.05, 0) is 18.2 Å². The maximum absolute atomic E-state index is 11.6. The number of halogens is 1. The molecule has 1 heterocycles. The molecule has 0 saturated carbocycles. The number of benzene rings is 1. The summed E-state index contributed by atoms with van der Waals surface area (Å²) in [6.45, 7) is 0.534. The van der Waals surface area contributed by atoms with Crippen molar-refractivity contribution in [1.29, 1.82) is 0 Å². The van der Waals surface area contributed by atoms with Crippen molar-refractivity contribution in [2.75, 3.05) is 11.4 Å². The number of rotatable bonds is 1. The third-order valence-electron chi connectivity index (χ3n) is 2.38. The Balaban J connectivity index is 2.37. The highest BCUT2D eigenvalue weighted by atomic mass is 35.5. The van der Waals surface area contributed by atoms with E-state index in [9.17, 15) is 4.79 Å². The molecule has 0 radical (unpaired) electrons. The van der Waals surface area contributed by atoms with Crippen LogP contribution < -0.4 is 10.6 Å². The summed E-state index contributed by atoms with van der Waals surface area (Å²) in [5.74, 6) is 0.0278. The third-order valence-corrected chi connectivity index (χ3v) is 3.00. The smallest absolute Gasteiger partial charge is 0.228 e. The Bertz CT molecular complexity index is 410. The van der Waals surface area contributed by atoms with Crippen molar-refractivity contribution in [2.45, 2.75) is 17.4 Å². The Kier molecular flexibility index (Phi) is 2.91. The van der Waals surface area contributed by atoms with E-state index >= 15 is 0 Å². The van der Waals surface area contributed by atoms with Gasteiger partial charge in [-0.3, -0.25) is 4.79 Å². The van der Waals surface area contributed by atoms with Crippen LogP contribution in [0.1, 0.15) is 6.42 Å². The summed E-state index contributed by atoms with van der Waals surface area (Å²) >= 11 is 10.2. The number of nitrogens with zero attached hydrogens (tertiary/aromatic N) is 1. The van der Waals surface area contributed by atoms with E-state index in [1.165, 1.54) is 0 Å². The van der Waals surface area contributed by atoms with Gasteiger partial charge in [0.1, 0.15) is 0 Å². The van der Waals surface area contributed by atoms with Gasteiger partial charge in [0.05, 0.1) is 5.69 Å². The largest absolute Gasteiger partial charge is 0.326 e. The van der Waals surface area contributed by atoms with Gasteiger partial charge in [-0.25, -0.2) is 0 Å². The predicted octanol–water partition coefficient (Wildman–Crippen LogP) is 1.69.